The van der Waals surface area contributed by atoms with Gasteiger partial charge in [-0.2, -0.15) is 0 Å². The third-order valence-corrected chi connectivity index (χ3v) is 5.10. The van der Waals surface area contributed by atoms with E-state index in [1.165, 1.54) is 51.4 Å². The van der Waals surface area contributed by atoms with Crippen LogP contribution in [0.2, 0.25) is 0 Å². The summed E-state index contributed by atoms with van der Waals surface area (Å²) in [6.45, 7) is 3.42. The third kappa shape index (κ3) is 3.46. The van der Waals surface area contributed by atoms with Crippen molar-refractivity contribution in [3.05, 3.63) is 0 Å². The van der Waals surface area contributed by atoms with Crippen LogP contribution in [0.15, 0.2) is 0 Å². The fourth-order valence-corrected chi connectivity index (χ4v) is 3.81. The quantitative estimate of drug-likeness (QED) is 0.756. The van der Waals surface area contributed by atoms with E-state index in [0.29, 0.717) is 18.1 Å². The molecular formula is C15H30N2O. The maximum atomic E-state index is 9.53. The van der Waals surface area contributed by atoms with Gasteiger partial charge >= 0.3 is 0 Å². The number of piperidine rings is 1. The van der Waals surface area contributed by atoms with Crippen LogP contribution in [0.1, 0.15) is 57.8 Å². The van der Waals surface area contributed by atoms with Crippen LogP contribution in [0.25, 0.3) is 0 Å². The monoisotopic (exact) mass is 254 g/mol. The second-order valence-electron chi connectivity index (χ2n) is 6.42. The van der Waals surface area contributed by atoms with Crippen molar-refractivity contribution in [2.24, 2.45) is 11.1 Å². The summed E-state index contributed by atoms with van der Waals surface area (Å²) in [7, 11) is 0. The summed E-state index contributed by atoms with van der Waals surface area (Å²) in [6, 6.07) is 0.394. The third-order valence-electron chi connectivity index (χ3n) is 5.10. The lowest BCUT2D eigenvalue weighted by Gasteiger charge is -2.42. The first-order valence-corrected chi connectivity index (χ1v) is 7.85. The van der Waals surface area contributed by atoms with Crippen LogP contribution in [0.3, 0.4) is 0 Å². The maximum absolute atomic E-state index is 9.53. The molecule has 0 aromatic rings. The topological polar surface area (TPSA) is 49.5 Å². The largest absolute Gasteiger partial charge is 0.395 e. The van der Waals surface area contributed by atoms with Crippen LogP contribution in [0.5, 0.6) is 0 Å². The van der Waals surface area contributed by atoms with Gasteiger partial charge < -0.3 is 10.8 Å². The Bertz CT molecular complexity index is 237. The van der Waals surface area contributed by atoms with E-state index in [2.05, 4.69) is 4.90 Å². The Balaban J connectivity index is 1.98. The van der Waals surface area contributed by atoms with E-state index in [-0.39, 0.29) is 0 Å². The van der Waals surface area contributed by atoms with Gasteiger partial charge in [-0.25, -0.2) is 0 Å². The van der Waals surface area contributed by atoms with E-state index in [4.69, 9.17) is 5.73 Å². The highest BCUT2D eigenvalue weighted by atomic mass is 16.3. The molecule has 1 atom stereocenters. The molecule has 1 heterocycles. The highest BCUT2D eigenvalue weighted by Crippen LogP contribution is 2.36. The number of hydrogen-bond donors (Lipinski definition) is 2. The lowest BCUT2D eigenvalue weighted by molar-refractivity contribution is 0.0436. The molecule has 0 amide bonds. The molecule has 2 fully saturated rings. The van der Waals surface area contributed by atoms with Gasteiger partial charge in [-0.3, -0.25) is 4.90 Å². The predicted octanol–water partition coefficient (Wildman–Crippen LogP) is 2.13. The summed E-state index contributed by atoms with van der Waals surface area (Å²) < 4.78 is 0. The van der Waals surface area contributed by atoms with Crippen LogP contribution in [-0.2, 0) is 0 Å². The minimum absolute atomic E-state index is 0.320. The van der Waals surface area contributed by atoms with Crippen molar-refractivity contribution in [2.75, 3.05) is 26.2 Å². The zero-order valence-corrected chi connectivity index (χ0v) is 11.7. The number of aliphatic hydroxyl groups excluding tert-OH is 1. The minimum Gasteiger partial charge on any atom is -0.395 e. The zero-order valence-electron chi connectivity index (χ0n) is 11.7. The van der Waals surface area contributed by atoms with Gasteiger partial charge in [-0.05, 0) is 44.2 Å². The van der Waals surface area contributed by atoms with Crippen molar-refractivity contribution in [3.8, 4) is 0 Å². The summed E-state index contributed by atoms with van der Waals surface area (Å²) in [4.78, 5) is 2.53. The first kappa shape index (κ1) is 14.3. The van der Waals surface area contributed by atoms with Crippen LogP contribution in [-0.4, -0.2) is 42.3 Å². The Morgan fingerprint density at radius 3 is 2.39 bits per heavy atom. The average Bonchev–Trinajstić information content (AvgIpc) is 2.66. The van der Waals surface area contributed by atoms with Crippen LogP contribution in [0, 0.1) is 5.41 Å². The molecule has 0 aromatic heterocycles. The lowest BCUT2D eigenvalue weighted by atomic mass is 9.79. The summed E-state index contributed by atoms with van der Waals surface area (Å²) in [5.74, 6) is 0. The highest BCUT2D eigenvalue weighted by molar-refractivity contribution is 4.89. The number of rotatable bonds is 4. The van der Waals surface area contributed by atoms with E-state index < -0.39 is 0 Å². The Kier molecular flexibility index (Phi) is 5.46. The van der Waals surface area contributed by atoms with Gasteiger partial charge in [0.2, 0.25) is 0 Å². The molecule has 3 nitrogen and oxygen atoms in total. The normalized spacial score (nSPS) is 30.0. The predicted molar refractivity (Wildman–Crippen MR) is 75.5 cm³/mol. The Morgan fingerprint density at radius 1 is 1.06 bits per heavy atom. The number of hydrogen-bond acceptors (Lipinski definition) is 3. The summed E-state index contributed by atoms with van der Waals surface area (Å²) >= 11 is 0. The molecule has 1 aliphatic heterocycles. The molecule has 1 aliphatic carbocycles. The molecule has 2 aliphatic rings. The van der Waals surface area contributed by atoms with Crippen LogP contribution in [0.4, 0.5) is 0 Å². The average molecular weight is 254 g/mol. The van der Waals surface area contributed by atoms with Gasteiger partial charge in [0.25, 0.3) is 0 Å². The van der Waals surface area contributed by atoms with Crippen LogP contribution < -0.4 is 5.73 Å². The number of likely N-dealkylation sites (tertiary alicyclic amines) is 1. The first-order chi connectivity index (χ1) is 8.79. The fourth-order valence-electron chi connectivity index (χ4n) is 3.81. The standard InChI is InChI=1S/C15H30N2O/c16-12-15(8-4-1-2-5-9-15)13-17-10-6-3-7-14(17)11-18/h14,18H,1-13,16H2. The summed E-state index contributed by atoms with van der Waals surface area (Å²) in [5, 5.41) is 9.53. The molecule has 2 rings (SSSR count). The second-order valence-corrected chi connectivity index (χ2v) is 6.42. The van der Waals surface area contributed by atoms with Crippen molar-refractivity contribution in [3.63, 3.8) is 0 Å². The van der Waals surface area contributed by atoms with E-state index in [1.807, 2.05) is 0 Å². The van der Waals surface area contributed by atoms with Gasteiger partial charge in [0, 0.05) is 12.6 Å². The molecule has 3 heteroatoms. The van der Waals surface area contributed by atoms with Crippen molar-refractivity contribution >= 4 is 0 Å². The maximum Gasteiger partial charge on any atom is 0.0586 e. The molecule has 1 unspecified atom stereocenters. The van der Waals surface area contributed by atoms with Crippen molar-refractivity contribution in [1.82, 2.24) is 4.90 Å². The second kappa shape index (κ2) is 6.88. The molecule has 1 saturated heterocycles. The minimum atomic E-state index is 0.320. The summed E-state index contributed by atoms with van der Waals surface area (Å²) in [6.07, 6.45) is 11.8. The molecule has 0 bridgehead atoms. The van der Waals surface area contributed by atoms with Crippen molar-refractivity contribution in [1.29, 1.82) is 0 Å². The lowest BCUT2D eigenvalue weighted by Crippen LogP contribution is -2.49. The summed E-state index contributed by atoms with van der Waals surface area (Å²) in [5.41, 5.74) is 6.46. The Hall–Kier alpha value is -0.120. The van der Waals surface area contributed by atoms with Crippen molar-refractivity contribution < 1.29 is 5.11 Å². The molecule has 1 saturated carbocycles. The van der Waals surface area contributed by atoms with Gasteiger partial charge in [0.1, 0.15) is 0 Å². The molecule has 3 N–H and O–H groups in total. The van der Waals surface area contributed by atoms with E-state index >= 15 is 0 Å². The first-order valence-electron chi connectivity index (χ1n) is 7.85. The van der Waals surface area contributed by atoms with Gasteiger partial charge in [0.05, 0.1) is 6.61 Å². The molecule has 106 valence electrons. The van der Waals surface area contributed by atoms with Gasteiger partial charge in [-0.1, -0.05) is 32.1 Å². The highest BCUT2D eigenvalue weighted by Gasteiger charge is 2.34. The fraction of sp³-hybridized carbons (Fsp3) is 1.00. The Labute approximate surface area is 112 Å². The number of aliphatic hydroxyl groups is 1. The number of nitrogens with two attached hydrogens (primary N) is 1. The molecule has 0 radical (unpaired) electrons. The molecule has 0 spiro atoms. The Morgan fingerprint density at radius 2 is 1.78 bits per heavy atom. The molecular weight excluding hydrogens is 224 g/mol. The van der Waals surface area contributed by atoms with E-state index in [9.17, 15) is 5.11 Å². The smallest absolute Gasteiger partial charge is 0.0586 e. The number of nitrogens with zero attached hydrogens (tertiary/aromatic N) is 1. The van der Waals surface area contributed by atoms with E-state index in [1.54, 1.807) is 0 Å². The van der Waals surface area contributed by atoms with Gasteiger partial charge in [0.15, 0.2) is 0 Å². The zero-order chi connectivity index (χ0) is 12.8. The SMILES string of the molecule is NCC1(CN2CCCCC2CO)CCCCCC1. The van der Waals surface area contributed by atoms with Crippen molar-refractivity contribution in [2.45, 2.75) is 63.8 Å². The van der Waals surface area contributed by atoms with E-state index in [0.717, 1.165) is 26.1 Å². The molecule has 18 heavy (non-hydrogen) atoms. The molecule has 0 aromatic carbocycles. The van der Waals surface area contributed by atoms with Crippen LogP contribution >= 0.6 is 0 Å². The van der Waals surface area contributed by atoms with Gasteiger partial charge in [-0.15, -0.1) is 0 Å².